The van der Waals surface area contributed by atoms with Crippen LogP contribution in [0.1, 0.15) is 234 Å². The summed E-state index contributed by atoms with van der Waals surface area (Å²) in [7, 11) is -4.87. The number of aliphatic carboxylic acids is 1. The van der Waals surface area contributed by atoms with Crippen LogP contribution in [0.25, 0.3) is 0 Å². The van der Waals surface area contributed by atoms with Crippen molar-refractivity contribution in [2.45, 2.75) is 240 Å². The second kappa shape index (κ2) is 53.9. The van der Waals surface area contributed by atoms with Gasteiger partial charge in [0.1, 0.15) is 19.8 Å². The van der Waals surface area contributed by atoms with Crippen LogP contribution in [0.15, 0.2) is 0 Å². The van der Waals surface area contributed by atoms with Crippen molar-refractivity contribution in [3.63, 3.8) is 0 Å². The molecule has 0 rings (SSSR count). The van der Waals surface area contributed by atoms with Crippen molar-refractivity contribution in [2.24, 2.45) is 0 Å². The number of hydrogen-bond acceptors (Lipinski definition) is 12. The zero-order chi connectivity index (χ0) is 45.6. The molecule has 2 atom stereocenters. The van der Waals surface area contributed by atoms with Crippen molar-refractivity contribution < 1.29 is 91.3 Å². The van der Waals surface area contributed by atoms with E-state index in [2.05, 4.69) is 19.2 Å². The van der Waals surface area contributed by atoms with Gasteiger partial charge in [-0.2, -0.15) is 0 Å². The van der Waals surface area contributed by atoms with Gasteiger partial charge in [0.2, 0.25) is 5.91 Å². The average molecular weight is 962 g/mol. The van der Waals surface area contributed by atoms with E-state index in [1.54, 1.807) is 0 Å². The molecule has 0 radical (unpaired) electrons. The number of hydrogen-bond donors (Lipinski definition) is 2. The Morgan fingerprint density at radius 1 is 0.523 bits per heavy atom. The fourth-order valence-corrected chi connectivity index (χ4v) is 7.69. The second-order valence-corrected chi connectivity index (χ2v) is 18.0. The SMILES string of the molecule is C.C.CCCCCCCCCCCCCCCCCC(=O)OCC(COP(=O)([O-])OCCNC(=O)COCCOCC(=O)O)OC(=O)CCCCCCCCCCCCCCCCC.[Na+]. The maximum atomic E-state index is 12.7. The van der Waals surface area contributed by atoms with Gasteiger partial charge in [-0.1, -0.05) is 208 Å². The third-order valence-electron chi connectivity index (χ3n) is 10.6. The van der Waals surface area contributed by atoms with E-state index in [1.165, 1.54) is 141 Å². The Bertz CT molecular complexity index is 1120. The number of nitrogens with one attached hydrogen (secondary N) is 1. The summed E-state index contributed by atoms with van der Waals surface area (Å²) in [6.45, 7) is 2.14. The van der Waals surface area contributed by atoms with E-state index in [-0.39, 0.29) is 90.2 Å². The van der Waals surface area contributed by atoms with Gasteiger partial charge in [-0.25, -0.2) is 4.79 Å². The number of carboxylic acids is 1. The minimum Gasteiger partial charge on any atom is -0.756 e. The molecular formula is C49H97NNaO13P. The molecule has 2 N–H and O–H groups in total. The van der Waals surface area contributed by atoms with Crippen molar-refractivity contribution in [3.05, 3.63) is 0 Å². The Balaban J connectivity index is -0.00000620. The van der Waals surface area contributed by atoms with Crippen molar-refractivity contribution in [1.29, 1.82) is 0 Å². The van der Waals surface area contributed by atoms with Crippen molar-refractivity contribution in [2.75, 3.05) is 52.8 Å². The first-order chi connectivity index (χ1) is 30.1. The molecule has 0 fully saturated rings. The molecule has 0 aliphatic rings. The summed E-state index contributed by atoms with van der Waals surface area (Å²) >= 11 is 0. The summed E-state index contributed by atoms with van der Waals surface area (Å²) in [6.07, 6.45) is 35.6. The van der Waals surface area contributed by atoms with E-state index in [9.17, 15) is 28.6 Å². The molecule has 0 saturated carbocycles. The maximum Gasteiger partial charge on any atom is 1.00 e. The van der Waals surface area contributed by atoms with Gasteiger partial charge in [-0.15, -0.1) is 0 Å². The molecule has 0 aromatic carbocycles. The second-order valence-electron chi connectivity index (χ2n) is 16.6. The van der Waals surface area contributed by atoms with E-state index >= 15 is 0 Å². The Kier molecular flexibility index (Phi) is 58.4. The molecule has 0 saturated heterocycles. The predicted octanol–water partition coefficient (Wildman–Crippen LogP) is 8.98. The molecule has 0 aliphatic carbocycles. The summed E-state index contributed by atoms with van der Waals surface area (Å²) in [5.74, 6) is -2.63. The third-order valence-corrected chi connectivity index (χ3v) is 11.6. The Morgan fingerprint density at radius 3 is 1.29 bits per heavy atom. The summed E-state index contributed by atoms with van der Waals surface area (Å²) in [5, 5.41) is 11.0. The van der Waals surface area contributed by atoms with Crippen molar-refractivity contribution in [3.8, 4) is 0 Å². The average Bonchev–Trinajstić information content (AvgIpc) is 3.24. The van der Waals surface area contributed by atoms with E-state index in [0.717, 1.165) is 38.5 Å². The van der Waals surface area contributed by atoms with Gasteiger partial charge in [0.15, 0.2) is 6.10 Å². The number of phosphoric acid groups is 1. The van der Waals surface area contributed by atoms with Crippen molar-refractivity contribution in [1.82, 2.24) is 5.32 Å². The molecule has 14 nitrogen and oxygen atoms in total. The predicted molar refractivity (Wildman–Crippen MR) is 255 cm³/mol. The van der Waals surface area contributed by atoms with Crippen LogP contribution in [-0.2, 0) is 51.7 Å². The molecule has 0 bridgehead atoms. The molecule has 0 aromatic rings. The van der Waals surface area contributed by atoms with Gasteiger partial charge in [0.25, 0.3) is 7.82 Å². The topological polar surface area (TPSA) is 196 Å². The number of esters is 2. The van der Waals surface area contributed by atoms with Crippen LogP contribution in [0.3, 0.4) is 0 Å². The van der Waals surface area contributed by atoms with Gasteiger partial charge < -0.3 is 43.3 Å². The summed E-state index contributed by atoms with van der Waals surface area (Å²) in [6, 6.07) is 0. The molecule has 0 aromatic heterocycles. The largest absolute Gasteiger partial charge is 1.00 e. The van der Waals surface area contributed by atoms with Gasteiger partial charge in [-0.3, -0.25) is 18.9 Å². The van der Waals surface area contributed by atoms with E-state index in [4.69, 9.17) is 33.1 Å². The normalized spacial score (nSPS) is 12.2. The number of ether oxygens (including phenoxy) is 4. The molecule has 0 aliphatic heterocycles. The Labute approximate surface area is 419 Å². The number of unbranched alkanes of at least 4 members (excludes halogenated alkanes) is 28. The number of rotatable bonds is 49. The summed E-state index contributed by atoms with van der Waals surface area (Å²) in [5.41, 5.74) is 0. The zero-order valence-electron chi connectivity index (χ0n) is 40.2. The Morgan fingerprint density at radius 2 is 0.892 bits per heavy atom. The molecule has 0 spiro atoms. The first kappa shape index (κ1) is 70.5. The molecule has 382 valence electrons. The standard InChI is InChI=1S/C47H90NO13P.2CH4.Na/c1-3-5-7-9-11-13-15-17-19-21-23-25-27-29-31-33-46(52)58-39-43(40-60-62(54,55)59-36-35-48-44(49)41-56-37-38-57-42-45(50)51)61-47(53)34-32-30-28-26-24-22-20-18-16-14-12-10-8-6-4-2;;;/h43H,3-42H2,1-2H3,(H,48,49)(H,50,51)(H,54,55);2*1H4;/q;;;+1/p-1. The van der Waals surface area contributed by atoms with Crippen LogP contribution in [-0.4, -0.2) is 87.8 Å². The van der Waals surface area contributed by atoms with Crippen LogP contribution in [0.5, 0.6) is 0 Å². The number of amides is 1. The number of phosphoric ester groups is 1. The Hall–Kier alpha value is -1.09. The third kappa shape index (κ3) is 55.4. The molecule has 2 unspecified atom stereocenters. The minimum absolute atomic E-state index is 0. The minimum atomic E-state index is -4.87. The number of carboxylic acid groups (broad SMARTS) is 1. The van der Waals surface area contributed by atoms with Crippen LogP contribution in [0.2, 0.25) is 0 Å². The quantitative estimate of drug-likeness (QED) is 0.0254. The maximum absolute atomic E-state index is 12.7. The molecule has 16 heteroatoms. The van der Waals surface area contributed by atoms with Crippen molar-refractivity contribution >= 4 is 31.6 Å². The van der Waals surface area contributed by atoms with Gasteiger partial charge in [0.05, 0.1) is 26.4 Å². The smallest absolute Gasteiger partial charge is 0.756 e. The van der Waals surface area contributed by atoms with Gasteiger partial charge >= 0.3 is 47.5 Å². The van der Waals surface area contributed by atoms with Crippen LogP contribution in [0, 0.1) is 0 Å². The van der Waals surface area contributed by atoms with Crippen LogP contribution >= 0.6 is 7.82 Å². The first-order valence-corrected chi connectivity index (χ1v) is 26.1. The summed E-state index contributed by atoms with van der Waals surface area (Å²) < 4.78 is 43.1. The molecule has 65 heavy (non-hydrogen) atoms. The van der Waals surface area contributed by atoms with E-state index < -0.39 is 57.6 Å². The monoisotopic (exact) mass is 962 g/mol. The summed E-state index contributed by atoms with van der Waals surface area (Å²) in [4.78, 5) is 60.1. The number of carbonyl (C=O) groups is 4. The fourth-order valence-electron chi connectivity index (χ4n) is 6.95. The molecule has 1 amide bonds. The van der Waals surface area contributed by atoms with E-state index in [1.807, 2.05) is 0 Å². The zero-order valence-corrected chi connectivity index (χ0v) is 43.0. The van der Waals surface area contributed by atoms with Crippen LogP contribution < -0.4 is 39.8 Å². The van der Waals surface area contributed by atoms with E-state index in [0.29, 0.717) is 12.8 Å². The molecule has 0 heterocycles. The van der Waals surface area contributed by atoms with Gasteiger partial charge in [-0.05, 0) is 12.8 Å². The van der Waals surface area contributed by atoms with Crippen LogP contribution in [0.4, 0.5) is 0 Å². The molecular weight excluding hydrogens is 864 g/mol. The fraction of sp³-hybridized carbons (Fsp3) is 0.918. The first-order valence-electron chi connectivity index (χ1n) is 24.7. The van der Waals surface area contributed by atoms with Gasteiger partial charge in [0, 0.05) is 19.4 Å². The number of carbonyl (C=O) groups excluding carboxylic acids is 3.